The molecular formula is C19H18N4O5S. The monoisotopic (exact) mass is 414 g/mol. The molecule has 0 saturated carbocycles. The molecule has 2 aromatic rings. The number of rotatable bonds is 5. The topological polar surface area (TPSA) is 126 Å². The maximum atomic E-state index is 13.0. The van der Waals surface area contributed by atoms with Crippen molar-refractivity contribution in [3.63, 3.8) is 0 Å². The van der Waals surface area contributed by atoms with Gasteiger partial charge in [0.15, 0.2) is 16.6 Å². The highest BCUT2D eigenvalue weighted by atomic mass is 32.1. The fourth-order valence-corrected chi connectivity index (χ4v) is 3.25. The summed E-state index contributed by atoms with van der Waals surface area (Å²) in [5.74, 6) is -0.164. The van der Waals surface area contributed by atoms with Gasteiger partial charge in [0.1, 0.15) is 0 Å². The van der Waals surface area contributed by atoms with Crippen LogP contribution in [0.15, 0.2) is 53.7 Å². The molecule has 9 nitrogen and oxygen atoms in total. The molecular weight excluding hydrogens is 396 g/mol. The van der Waals surface area contributed by atoms with Gasteiger partial charge in [-0.25, -0.2) is 0 Å². The average molecular weight is 414 g/mol. The molecule has 0 spiro atoms. The van der Waals surface area contributed by atoms with Gasteiger partial charge >= 0.3 is 0 Å². The third kappa shape index (κ3) is 4.27. The van der Waals surface area contributed by atoms with Crippen molar-refractivity contribution in [2.24, 2.45) is 0 Å². The first-order valence-corrected chi connectivity index (χ1v) is 8.92. The number of nitro groups is 1. The zero-order chi connectivity index (χ0) is 21.1. The summed E-state index contributed by atoms with van der Waals surface area (Å²) in [6.45, 7) is 1.72. The summed E-state index contributed by atoms with van der Waals surface area (Å²) < 4.78 is 5.15. The van der Waals surface area contributed by atoms with Gasteiger partial charge in [0.2, 0.25) is 0 Å². The summed E-state index contributed by atoms with van der Waals surface area (Å²) in [5.41, 5.74) is 1.95. The van der Waals surface area contributed by atoms with E-state index in [1.54, 1.807) is 19.1 Å². The Morgan fingerprint density at radius 1 is 1.28 bits per heavy atom. The number of allylic oxidation sites excluding steroid dienone is 1. The van der Waals surface area contributed by atoms with Gasteiger partial charge in [-0.05, 0) is 49.0 Å². The molecule has 3 rings (SSSR count). The van der Waals surface area contributed by atoms with Crippen molar-refractivity contribution >= 4 is 34.6 Å². The van der Waals surface area contributed by atoms with Gasteiger partial charge in [-0.15, -0.1) is 0 Å². The maximum absolute atomic E-state index is 13.0. The first kappa shape index (κ1) is 20.1. The third-order valence-electron chi connectivity index (χ3n) is 4.39. The number of non-ortho nitro benzene ring substituents is 1. The molecule has 0 fully saturated rings. The molecule has 29 heavy (non-hydrogen) atoms. The molecule has 10 heteroatoms. The number of ether oxygens (including phenoxy) is 1. The molecule has 0 aromatic heterocycles. The van der Waals surface area contributed by atoms with Gasteiger partial charge in [0.05, 0.1) is 23.6 Å². The Morgan fingerprint density at radius 3 is 2.59 bits per heavy atom. The molecule has 1 atom stereocenters. The van der Waals surface area contributed by atoms with Crippen LogP contribution in [0.3, 0.4) is 0 Å². The molecule has 150 valence electrons. The number of anilines is 1. The number of phenolic OH excluding ortho intramolecular Hbond substituents is 1. The molecule has 0 saturated heterocycles. The van der Waals surface area contributed by atoms with Crippen LogP contribution in [0.2, 0.25) is 0 Å². The Kier molecular flexibility index (Phi) is 5.64. The van der Waals surface area contributed by atoms with Crippen molar-refractivity contribution < 1.29 is 19.6 Å². The summed E-state index contributed by atoms with van der Waals surface area (Å²) in [4.78, 5) is 23.3. The second-order valence-corrected chi connectivity index (χ2v) is 6.67. The summed E-state index contributed by atoms with van der Waals surface area (Å²) in [7, 11) is 1.43. The molecule has 0 aliphatic carbocycles. The Hall–Kier alpha value is -3.66. The van der Waals surface area contributed by atoms with Crippen LogP contribution < -0.4 is 20.7 Å². The lowest BCUT2D eigenvalue weighted by molar-refractivity contribution is -0.384. The molecule has 1 aliphatic rings. The summed E-state index contributed by atoms with van der Waals surface area (Å²) in [5, 5.41) is 29.7. The van der Waals surface area contributed by atoms with E-state index in [1.807, 2.05) is 0 Å². The number of thiocarbonyl (C=S) groups is 1. The highest BCUT2D eigenvalue weighted by Crippen LogP contribution is 2.34. The van der Waals surface area contributed by atoms with Crippen molar-refractivity contribution in [2.75, 3.05) is 12.4 Å². The van der Waals surface area contributed by atoms with E-state index in [1.165, 1.54) is 37.4 Å². The van der Waals surface area contributed by atoms with E-state index >= 15 is 0 Å². The van der Waals surface area contributed by atoms with E-state index in [2.05, 4.69) is 16.0 Å². The van der Waals surface area contributed by atoms with Gasteiger partial charge in [0.25, 0.3) is 11.6 Å². The van der Waals surface area contributed by atoms with Crippen molar-refractivity contribution in [3.8, 4) is 11.5 Å². The van der Waals surface area contributed by atoms with Crippen LogP contribution in [0.1, 0.15) is 18.5 Å². The highest BCUT2D eigenvalue weighted by molar-refractivity contribution is 7.80. The van der Waals surface area contributed by atoms with Crippen LogP contribution in [0.25, 0.3) is 0 Å². The predicted molar refractivity (Wildman–Crippen MR) is 111 cm³/mol. The lowest BCUT2D eigenvalue weighted by Gasteiger charge is -2.30. The lowest BCUT2D eigenvalue weighted by atomic mass is 9.94. The van der Waals surface area contributed by atoms with Crippen LogP contribution in [-0.2, 0) is 4.79 Å². The number of amides is 1. The zero-order valence-corrected chi connectivity index (χ0v) is 16.4. The average Bonchev–Trinajstić information content (AvgIpc) is 2.68. The fraction of sp³-hybridized carbons (Fsp3) is 0.158. The molecule has 1 amide bonds. The summed E-state index contributed by atoms with van der Waals surface area (Å²) in [6, 6.07) is 9.71. The van der Waals surface area contributed by atoms with E-state index in [0.717, 1.165) is 0 Å². The van der Waals surface area contributed by atoms with Crippen LogP contribution in [-0.4, -0.2) is 28.2 Å². The largest absolute Gasteiger partial charge is 0.504 e. The van der Waals surface area contributed by atoms with Gasteiger partial charge < -0.3 is 25.8 Å². The van der Waals surface area contributed by atoms with E-state index in [-0.39, 0.29) is 17.2 Å². The van der Waals surface area contributed by atoms with Crippen LogP contribution >= 0.6 is 12.2 Å². The number of hydrogen-bond donors (Lipinski definition) is 4. The molecule has 2 aromatic carbocycles. The molecule has 1 aliphatic heterocycles. The van der Waals surface area contributed by atoms with Crippen molar-refractivity contribution in [2.45, 2.75) is 13.0 Å². The number of nitrogens with zero attached hydrogens (tertiary/aromatic N) is 1. The van der Waals surface area contributed by atoms with Crippen LogP contribution in [0.4, 0.5) is 11.4 Å². The third-order valence-corrected chi connectivity index (χ3v) is 4.61. The van der Waals surface area contributed by atoms with Crippen molar-refractivity contribution in [1.29, 1.82) is 0 Å². The standard InChI is InChI=1S/C19H18N4O5S/c1-10-16(18(25)21-12-4-6-13(7-5-12)23(26)27)17(22-19(29)20-10)11-3-8-14(24)15(9-11)28-2/h3-9,17,24H,1-2H3,(H,21,25)(H2,20,22,29). The smallest absolute Gasteiger partial charge is 0.269 e. The Bertz CT molecular complexity index is 1020. The minimum atomic E-state index is -0.587. The molecule has 4 N–H and O–H groups in total. The second kappa shape index (κ2) is 8.15. The van der Waals surface area contributed by atoms with E-state index < -0.39 is 16.9 Å². The first-order chi connectivity index (χ1) is 13.8. The highest BCUT2D eigenvalue weighted by Gasteiger charge is 2.30. The van der Waals surface area contributed by atoms with E-state index in [4.69, 9.17) is 17.0 Å². The minimum Gasteiger partial charge on any atom is -0.504 e. The summed E-state index contributed by atoms with van der Waals surface area (Å²) in [6.07, 6.45) is 0. The number of carbonyl (C=O) groups excluding carboxylic acids is 1. The van der Waals surface area contributed by atoms with Gasteiger partial charge in [-0.1, -0.05) is 6.07 Å². The van der Waals surface area contributed by atoms with Crippen molar-refractivity contribution in [1.82, 2.24) is 10.6 Å². The molecule has 1 heterocycles. The zero-order valence-electron chi connectivity index (χ0n) is 15.6. The number of aromatic hydroxyl groups is 1. The fourth-order valence-electron chi connectivity index (χ4n) is 2.98. The first-order valence-electron chi connectivity index (χ1n) is 8.51. The number of benzene rings is 2. The van der Waals surface area contributed by atoms with E-state index in [0.29, 0.717) is 27.6 Å². The number of carbonyl (C=O) groups is 1. The van der Waals surface area contributed by atoms with Gasteiger partial charge in [-0.2, -0.15) is 0 Å². The normalized spacial score (nSPS) is 15.9. The molecule has 0 radical (unpaired) electrons. The maximum Gasteiger partial charge on any atom is 0.269 e. The Morgan fingerprint density at radius 2 is 1.97 bits per heavy atom. The Balaban J connectivity index is 1.93. The van der Waals surface area contributed by atoms with Gasteiger partial charge in [0, 0.05) is 23.5 Å². The van der Waals surface area contributed by atoms with Crippen molar-refractivity contribution in [3.05, 3.63) is 69.4 Å². The van der Waals surface area contributed by atoms with E-state index in [9.17, 15) is 20.0 Å². The second-order valence-electron chi connectivity index (χ2n) is 6.26. The number of methoxy groups -OCH3 is 1. The lowest BCUT2D eigenvalue weighted by Crippen LogP contribution is -2.45. The molecule has 1 unspecified atom stereocenters. The minimum absolute atomic E-state index is 0.0228. The SMILES string of the molecule is COc1cc(C2NC(=S)NC(C)=C2C(=O)Nc2ccc([N+](=O)[O-])cc2)ccc1O. The van der Waals surface area contributed by atoms with Crippen LogP contribution in [0, 0.1) is 10.1 Å². The number of phenols is 1. The quantitative estimate of drug-likeness (QED) is 0.334. The van der Waals surface area contributed by atoms with Crippen LogP contribution in [0.5, 0.6) is 11.5 Å². The summed E-state index contributed by atoms with van der Waals surface area (Å²) >= 11 is 5.22. The molecule has 0 bridgehead atoms. The number of hydrogen-bond acceptors (Lipinski definition) is 6. The number of nitrogens with one attached hydrogen (secondary N) is 3. The number of nitro benzene ring substituents is 1. The van der Waals surface area contributed by atoms with Gasteiger partial charge in [-0.3, -0.25) is 14.9 Å². The predicted octanol–water partition coefficient (Wildman–Crippen LogP) is 2.74. The Labute approximate surface area is 171 Å².